The fraction of sp³-hybridized carbons (Fsp3) is 0.357. The molecule has 178 valence electrons. The van der Waals surface area contributed by atoms with Crippen LogP contribution in [-0.4, -0.2) is 34.9 Å². The van der Waals surface area contributed by atoms with Crippen molar-refractivity contribution in [3.63, 3.8) is 0 Å². The maximum Gasteiger partial charge on any atom is 0.220 e. The van der Waals surface area contributed by atoms with Crippen LogP contribution < -0.4 is 10.6 Å². The molecular weight excluding hydrogens is 424 g/mol. The third-order valence-corrected chi connectivity index (χ3v) is 6.51. The first-order chi connectivity index (χ1) is 16.5. The van der Waals surface area contributed by atoms with Crippen LogP contribution in [0.1, 0.15) is 47.9 Å². The van der Waals surface area contributed by atoms with Gasteiger partial charge in [0, 0.05) is 60.1 Å². The van der Waals surface area contributed by atoms with E-state index >= 15 is 0 Å². The van der Waals surface area contributed by atoms with Crippen LogP contribution in [0, 0.1) is 13.8 Å². The van der Waals surface area contributed by atoms with Gasteiger partial charge in [-0.15, -0.1) is 0 Å². The Labute approximate surface area is 200 Å². The highest BCUT2D eigenvalue weighted by Crippen LogP contribution is 2.22. The molecule has 0 fully saturated rings. The molecule has 0 bridgehead atoms. The Bertz CT molecular complexity index is 1180. The number of nitrogens with one attached hydrogen (secondary N) is 4. The first-order valence-electron chi connectivity index (χ1n) is 12.2. The second-order valence-electron chi connectivity index (χ2n) is 9.03. The van der Waals surface area contributed by atoms with Gasteiger partial charge in [-0.25, -0.2) is 0 Å². The number of carbonyl (C=O) groups is 2. The average molecular weight is 459 g/mol. The highest BCUT2D eigenvalue weighted by molar-refractivity contribution is 5.86. The van der Waals surface area contributed by atoms with Gasteiger partial charge < -0.3 is 20.6 Å². The minimum absolute atomic E-state index is 0.0473. The number of unbranched alkanes of at least 4 members (excludes halogenated alkanes) is 1. The van der Waals surface area contributed by atoms with Gasteiger partial charge in [-0.1, -0.05) is 36.4 Å². The van der Waals surface area contributed by atoms with E-state index in [1.54, 1.807) is 0 Å². The van der Waals surface area contributed by atoms with E-state index in [0.717, 1.165) is 12.8 Å². The van der Waals surface area contributed by atoms with Crippen LogP contribution in [0.4, 0.5) is 0 Å². The first kappa shape index (κ1) is 23.6. The summed E-state index contributed by atoms with van der Waals surface area (Å²) in [6.07, 6.45) is 8.00. The second-order valence-corrected chi connectivity index (χ2v) is 9.03. The SMILES string of the molecule is Cc1cccc2c(CCNC(=O)CCCCC(=O)NCCc3c[nH]c4c(C)cccc34)c[nH]c12. The van der Waals surface area contributed by atoms with Gasteiger partial charge in [-0.2, -0.15) is 0 Å². The van der Waals surface area contributed by atoms with Crippen molar-refractivity contribution in [2.75, 3.05) is 13.1 Å². The third kappa shape index (κ3) is 5.68. The van der Waals surface area contributed by atoms with Crippen molar-refractivity contribution >= 4 is 33.6 Å². The molecule has 0 aliphatic carbocycles. The van der Waals surface area contributed by atoms with Crippen molar-refractivity contribution in [3.05, 3.63) is 71.0 Å². The fourth-order valence-electron chi connectivity index (χ4n) is 4.56. The predicted octanol–water partition coefficient (Wildman–Crippen LogP) is 4.84. The van der Waals surface area contributed by atoms with Crippen LogP contribution >= 0.6 is 0 Å². The average Bonchev–Trinajstić information content (AvgIpc) is 3.43. The van der Waals surface area contributed by atoms with Crippen molar-refractivity contribution < 1.29 is 9.59 Å². The molecule has 4 aromatic rings. The summed E-state index contributed by atoms with van der Waals surface area (Å²) >= 11 is 0. The largest absolute Gasteiger partial charge is 0.361 e. The Kier molecular flexibility index (Phi) is 7.68. The number of aromatic nitrogens is 2. The predicted molar refractivity (Wildman–Crippen MR) is 138 cm³/mol. The normalized spacial score (nSPS) is 11.2. The summed E-state index contributed by atoms with van der Waals surface area (Å²) in [5, 5.41) is 8.45. The Balaban J connectivity index is 1.09. The molecule has 4 N–H and O–H groups in total. The molecule has 0 aliphatic rings. The number of aromatic amines is 2. The van der Waals surface area contributed by atoms with Crippen molar-refractivity contribution in [1.82, 2.24) is 20.6 Å². The zero-order valence-electron chi connectivity index (χ0n) is 20.1. The van der Waals surface area contributed by atoms with E-state index in [2.05, 4.69) is 70.8 Å². The molecule has 6 heteroatoms. The zero-order chi connectivity index (χ0) is 23.9. The molecule has 0 saturated carbocycles. The summed E-state index contributed by atoms with van der Waals surface area (Å²) < 4.78 is 0. The molecule has 0 aliphatic heterocycles. The van der Waals surface area contributed by atoms with Gasteiger partial charge in [-0.05, 0) is 61.8 Å². The fourth-order valence-corrected chi connectivity index (χ4v) is 4.56. The number of aryl methyl sites for hydroxylation is 2. The molecule has 34 heavy (non-hydrogen) atoms. The lowest BCUT2D eigenvalue weighted by Crippen LogP contribution is -2.26. The van der Waals surface area contributed by atoms with Crippen LogP contribution in [0.2, 0.25) is 0 Å². The number of rotatable bonds is 11. The molecule has 2 aromatic carbocycles. The lowest BCUT2D eigenvalue weighted by atomic mass is 10.1. The first-order valence-corrected chi connectivity index (χ1v) is 12.2. The van der Waals surface area contributed by atoms with Crippen molar-refractivity contribution in [3.8, 4) is 0 Å². The quantitative estimate of drug-likeness (QED) is 0.242. The summed E-state index contributed by atoms with van der Waals surface area (Å²) in [7, 11) is 0. The number of benzene rings is 2. The summed E-state index contributed by atoms with van der Waals surface area (Å²) in [5.41, 5.74) is 7.23. The van der Waals surface area contributed by atoms with E-state index in [4.69, 9.17) is 0 Å². The van der Waals surface area contributed by atoms with E-state index in [-0.39, 0.29) is 11.8 Å². The van der Waals surface area contributed by atoms with E-state index in [1.165, 1.54) is 44.1 Å². The minimum atomic E-state index is 0.0473. The second kappa shape index (κ2) is 11.1. The smallest absolute Gasteiger partial charge is 0.220 e. The summed E-state index contributed by atoms with van der Waals surface area (Å²) in [5.74, 6) is 0.0946. The highest BCUT2D eigenvalue weighted by Gasteiger charge is 2.08. The number of H-pyrrole nitrogens is 2. The number of carbonyl (C=O) groups excluding carboxylic acids is 2. The summed E-state index contributed by atoms with van der Waals surface area (Å²) in [4.78, 5) is 30.9. The maximum absolute atomic E-state index is 12.1. The number of amides is 2. The van der Waals surface area contributed by atoms with Crippen LogP contribution in [0.15, 0.2) is 48.8 Å². The van der Waals surface area contributed by atoms with Gasteiger partial charge in [0.15, 0.2) is 0 Å². The molecule has 4 rings (SSSR count). The molecular formula is C28H34N4O2. The molecule has 0 atom stereocenters. The molecule has 0 radical (unpaired) electrons. The Morgan fingerprint density at radius 3 is 1.59 bits per heavy atom. The van der Waals surface area contributed by atoms with Crippen molar-refractivity contribution in [1.29, 1.82) is 0 Å². The van der Waals surface area contributed by atoms with Gasteiger partial charge in [-0.3, -0.25) is 9.59 Å². The van der Waals surface area contributed by atoms with Gasteiger partial charge in [0.05, 0.1) is 0 Å². The minimum Gasteiger partial charge on any atom is -0.361 e. The number of fused-ring (bicyclic) bond motifs is 2. The molecule has 2 amide bonds. The lowest BCUT2D eigenvalue weighted by Gasteiger charge is -2.06. The Hall–Kier alpha value is -3.54. The van der Waals surface area contributed by atoms with E-state index in [0.29, 0.717) is 38.8 Å². The molecule has 0 spiro atoms. The van der Waals surface area contributed by atoms with E-state index in [9.17, 15) is 9.59 Å². The van der Waals surface area contributed by atoms with Crippen molar-refractivity contribution in [2.24, 2.45) is 0 Å². The van der Waals surface area contributed by atoms with Gasteiger partial charge >= 0.3 is 0 Å². The lowest BCUT2D eigenvalue weighted by molar-refractivity contribution is -0.123. The van der Waals surface area contributed by atoms with Crippen LogP contribution in [0.25, 0.3) is 21.8 Å². The van der Waals surface area contributed by atoms with Crippen LogP contribution in [-0.2, 0) is 22.4 Å². The molecule has 2 aromatic heterocycles. The summed E-state index contributed by atoms with van der Waals surface area (Å²) in [6, 6.07) is 12.5. The Morgan fingerprint density at radius 1 is 0.706 bits per heavy atom. The van der Waals surface area contributed by atoms with Gasteiger partial charge in [0.2, 0.25) is 11.8 Å². The Morgan fingerprint density at radius 2 is 1.15 bits per heavy atom. The van der Waals surface area contributed by atoms with Crippen molar-refractivity contribution in [2.45, 2.75) is 52.4 Å². The number of hydrogen-bond donors (Lipinski definition) is 4. The number of para-hydroxylation sites is 2. The van der Waals surface area contributed by atoms with Crippen LogP contribution in [0.3, 0.4) is 0 Å². The number of hydrogen-bond acceptors (Lipinski definition) is 2. The van der Waals surface area contributed by atoms with E-state index < -0.39 is 0 Å². The highest BCUT2D eigenvalue weighted by atomic mass is 16.2. The van der Waals surface area contributed by atoms with Gasteiger partial charge in [0.1, 0.15) is 0 Å². The molecule has 2 heterocycles. The third-order valence-electron chi connectivity index (χ3n) is 6.51. The maximum atomic E-state index is 12.1. The summed E-state index contributed by atoms with van der Waals surface area (Å²) in [6.45, 7) is 5.42. The van der Waals surface area contributed by atoms with E-state index in [1.807, 2.05) is 12.4 Å². The van der Waals surface area contributed by atoms with Gasteiger partial charge in [0.25, 0.3) is 0 Å². The monoisotopic (exact) mass is 458 g/mol. The molecule has 0 saturated heterocycles. The molecule has 0 unspecified atom stereocenters. The zero-order valence-corrected chi connectivity index (χ0v) is 20.1. The standard InChI is InChI=1S/C28H34N4O2/c1-19-7-5-9-23-21(17-31-27(19)23)13-15-29-25(33)11-3-4-12-26(34)30-16-14-22-18-32-28-20(2)8-6-10-24(22)28/h5-10,17-18,31-32H,3-4,11-16H2,1-2H3,(H,29,33)(H,30,34). The van der Waals surface area contributed by atoms with Crippen LogP contribution in [0.5, 0.6) is 0 Å². The molecule has 6 nitrogen and oxygen atoms in total. The topological polar surface area (TPSA) is 89.8 Å².